The molecule has 1 rings (SSSR count). The Kier molecular flexibility index (Phi) is 6.39. The van der Waals surface area contributed by atoms with Crippen LogP contribution in [0.1, 0.15) is 6.42 Å². The van der Waals surface area contributed by atoms with Crippen LogP contribution < -0.4 is 0 Å². The van der Waals surface area contributed by atoms with Gasteiger partial charge in [0, 0.05) is 37.3 Å². The number of methoxy groups -OCH3 is 2. The van der Waals surface area contributed by atoms with Gasteiger partial charge in [0.2, 0.25) is 0 Å². The molecule has 0 aromatic heterocycles. The molecule has 0 spiro atoms. The Bertz CT molecular complexity index is 312. The molecule has 0 unspecified atom stereocenters. The second-order valence-corrected chi connectivity index (χ2v) is 3.80. The van der Waals surface area contributed by atoms with Crippen LogP contribution in [-0.2, 0) is 9.47 Å². The van der Waals surface area contributed by atoms with E-state index in [1.54, 1.807) is 14.2 Å². The third-order valence-electron chi connectivity index (χ3n) is 2.68. The van der Waals surface area contributed by atoms with Crippen molar-refractivity contribution in [1.82, 2.24) is 4.90 Å². The summed E-state index contributed by atoms with van der Waals surface area (Å²) in [6.45, 7) is 4.73. The van der Waals surface area contributed by atoms with Gasteiger partial charge in [-0.3, -0.25) is 9.48 Å². The maximum Gasteiger partial charge on any atom is 0.283 e. The van der Waals surface area contributed by atoms with Crippen LogP contribution in [0.3, 0.4) is 0 Å². The number of rotatable bonds is 7. The van der Waals surface area contributed by atoms with Crippen molar-refractivity contribution in [2.24, 2.45) is 5.11 Å². The van der Waals surface area contributed by atoms with Crippen LogP contribution in [0.25, 0.3) is 10.4 Å². The molecule has 96 valence electrons. The first-order valence-corrected chi connectivity index (χ1v) is 5.73. The average molecular weight is 242 g/mol. The fraction of sp³-hybridized carbons (Fsp3) is 0.900. The number of hydrogen-bond acceptors (Lipinski definition) is 4. The minimum absolute atomic E-state index is 0.635. The van der Waals surface area contributed by atoms with Crippen LogP contribution in [-0.4, -0.2) is 69.0 Å². The molecule has 7 nitrogen and oxygen atoms in total. The van der Waals surface area contributed by atoms with Crippen LogP contribution in [0.4, 0.5) is 0 Å². The summed E-state index contributed by atoms with van der Waals surface area (Å²) in [6, 6.07) is 0. The number of ether oxygens (including phenoxy) is 2. The molecule has 7 heteroatoms. The molecular weight excluding hydrogens is 222 g/mol. The van der Waals surface area contributed by atoms with Gasteiger partial charge in [0.15, 0.2) is 0 Å². The second-order valence-electron chi connectivity index (χ2n) is 3.80. The van der Waals surface area contributed by atoms with Gasteiger partial charge in [-0.1, -0.05) is 0 Å². The van der Waals surface area contributed by atoms with Crippen molar-refractivity contribution in [3.8, 4) is 0 Å². The Morgan fingerprint density at radius 2 is 2.18 bits per heavy atom. The van der Waals surface area contributed by atoms with Crippen LogP contribution in [0.2, 0.25) is 0 Å². The van der Waals surface area contributed by atoms with E-state index in [4.69, 9.17) is 15.0 Å². The summed E-state index contributed by atoms with van der Waals surface area (Å²) in [6.07, 6.45) is 0.930. The molecule has 1 aliphatic rings. The van der Waals surface area contributed by atoms with Crippen molar-refractivity contribution in [1.29, 1.82) is 0 Å². The largest absolute Gasteiger partial charge is 0.385 e. The van der Waals surface area contributed by atoms with Gasteiger partial charge in [0.05, 0.1) is 32.8 Å². The van der Waals surface area contributed by atoms with Gasteiger partial charge in [-0.05, 0) is 5.53 Å². The van der Waals surface area contributed by atoms with E-state index in [0.29, 0.717) is 12.6 Å². The minimum Gasteiger partial charge on any atom is -0.385 e. The Morgan fingerprint density at radius 3 is 2.82 bits per heavy atom. The summed E-state index contributed by atoms with van der Waals surface area (Å²) in [7, 11) is 3.35. The van der Waals surface area contributed by atoms with Gasteiger partial charge < -0.3 is 9.47 Å². The van der Waals surface area contributed by atoms with Crippen molar-refractivity contribution in [2.75, 3.05) is 53.6 Å². The molecule has 1 heterocycles. The summed E-state index contributed by atoms with van der Waals surface area (Å²) < 4.78 is 12.1. The molecule has 17 heavy (non-hydrogen) atoms. The lowest BCUT2D eigenvalue weighted by molar-refractivity contribution is -0.519. The highest BCUT2D eigenvalue weighted by Gasteiger charge is 2.25. The number of guanidine groups is 1. The lowest BCUT2D eigenvalue weighted by Gasteiger charge is -2.11. The third kappa shape index (κ3) is 4.22. The second kappa shape index (κ2) is 7.89. The molecule has 0 atom stereocenters. The highest BCUT2D eigenvalue weighted by atomic mass is 16.5. The summed E-state index contributed by atoms with van der Waals surface area (Å²) in [4.78, 5) is 4.94. The van der Waals surface area contributed by atoms with E-state index in [1.165, 1.54) is 0 Å². The zero-order valence-electron chi connectivity index (χ0n) is 10.5. The Labute approximate surface area is 101 Å². The molecule has 0 fully saturated rings. The van der Waals surface area contributed by atoms with Crippen molar-refractivity contribution in [3.63, 3.8) is 0 Å². The van der Waals surface area contributed by atoms with Crippen LogP contribution in [0.15, 0.2) is 5.11 Å². The van der Waals surface area contributed by atoms with E-state index in [0.717, 1.165) is 39.2 Å². The molecule has 0 amide bonds. The fourth-order valence-electron chi connectivity index (χ4n) is 1.83. The first kappa shape index (κ1) is 13.8. The summed E-state index contributed by atoms with van der Waals surface area (Å²) >= 11 is 0. The standard InChI is InChI=1S/C10H20N5O2/c1-16-8-3-4-14-5-6-15(7-9-17-2)10(14)12-13-11/h3-9H2,1-2H3/q+1. The molecule has 1 aliphatic heterocycles. The van der Waals surface area contributed by atoms with Gasteiger partial charge in [-0.25, -0.2) is 0 Å². The van der Waals surface area contributed by atoms with E-state index in [-0.39, 0.29) is 0 Å². The van der Waals surface area contributed by atoms with Gasteiger partial charge >= 0.3 is 0 Å². The number of azide groups is 1. The maximum absolute atomic E-state index is 8.59. The molecule has 0 bridgehead atoms. The van der Waals surface area contributed by atoms with Crippen molar-refractivity contribution < 1.29 is 14.0 Å². The molecule has 0 aromatic carbocycles. The number of nitrogens with zero attached hydrogens (tertiary/aromatic N) is 5. The van der Waals surface area contributed by atoms with Crippen molar-refractivity contribution in [2.45, 2.75) is 6.42 Å². The Hall–Kier alpha value is -1.30. The molecule has 0 aromatic rings. The van der Waals surface area contributed by atoms with E-state index >= 15 is 0 Å². The molecule has 0 saturated carbocycles. The topological polar surface area (TPSA) is 73.5 Å². The first-order chi connectivity index (χ1) is 8.33. The van der Waals surface area contributed by atoms with Gasteiger partial charge in [-0.2, -0.15) is 0 Å². The van der Waals surface area contributed by atoms with E-state index in [2.05, 4.69) is 19.5 Å². The smallest absolute Gasteiger partial charge is 0.283 e. The molecule has 0 N–H and O–H groups in total. The van der Waals surface area contributed by atoms with E-state index in [1.807, 2.05) is 0 Å². The predicted octanol–water partition coefficient (Wildman–Crippen LogP) is 0.664. The number of hydrogen-bond donors (Lipinski definition) is 0. The maximum atomic E-state index is 8.59. The fourth-order valence-corrected chi connectivity index (χ4v) is 1.83. The zero-order valence-corrected chi connectivity index (χ0v) is 10.5. The summed E-state index contributed by atoms with van der Waals surface area (Å²) in [5.41, 5.74) is 8.59. The van der Waals surface area contributed by atoms with Crippen molar-refractivity contribution >= 4 is 5.96 Å². The molecule has 0 saturated heterocycles. The average Bonchev–Trinajstić information content (AvgIpc) is 2.71. The summed E-state index contributed by atoms with van der Waals surface area (Å²) in [5, 5.41) is 3.77. The highest BCUT2D eigenvalue weighted by molar-refractivity contribution is 5.76. The lowest BCUT2D eigenvalue weighted by Crippen LogP contribution is -2.31. The minimum atomic E-state index is 0.635. The lowest BCUT2D eigenvalue weighted by atomic mass is 10.4. The molecular formula is C10H20N5O2+. The predicted molar refractivity (Wildman–Crippen MR) is 64.1 cm³/mol. The van der Waals surface area contributed by atoms with Gasteiger partial charge in [0.25, 0.3) is 5.96 Å². The first-order valence-electron chi connectivity index (χ1n) is 5.73. The SMILES string of the molecule is COCCC[N+]1=C(N=[N+]=[N-])N(CCOC)CC1. The van der Waals surface area contributed by atoms with E-state index in [9.17, 15) is 0 Å². The van der Waals surface area contributed by atoms with Crippen molar-refractivity contribution in [3.05, 3.63) is 10.4 Å². The molecule has 0 radical (unpaired) electrons. The third-order valence-corrected chi connectivity index (χ3v) is 2.68. The summed E-state index contributed by atoms with van der Waals surface area (Å²) in [5.74, 6) is 0.709. The van der Waals surface area contributed by atoms with Crippen LogP contribution in [0, 0.1) is 0 Å². The van der Waals surface area contributed by atoms with Gasteiger partial charge in [0.1, 0.15) is 0 Å². The molecule has 0 aliphatic carbocycles. The quantitative estimate of drug-likeness (QED) is 0.216. The normalized spacial score (nSPS) is 15.3. The van der Waals surface area contributed by atoms with E-state index < -0.39 is 0 Å². The monoisotopic (exact) mass is 242 g/mol. The highest BCUT2D eigenvalue weighted by Crippen LogP contribution is 2.04. The van der Waals surface area contributed by atoms with Crippen LogP contribution >= 0.6 is 0 Å². The Morgan fingerprint density at radius 1 is 1.41 bits per heavy atom. The van der Waals surface area contributed by atoms with Crippen LogP contribution in [0.5, 0.6) is 0 Å². The zero-order chi connectivity index (χ0) is 12.5. The van der Waals surface area contributed by atoms with Gasteiger partial charge in [-0.15, -0.1) is 0 Å². The Balaban J connectivity index is 2.60.